The van der Waals surface area contributed by atoms with Gasteiger partial charge in [-0.1, -0.05) is 26.7 Å². The lowest BCUT2D eigenvalue weighted by Gasteiger charge is -2.18. The predicted octanol–water partition coefficient (Wildman–Crippen LogP) is 4.56. The van der Waals surface area contributed by atoms with Crippen molar-refractivity contribution in [2.75, 3.05) is 17.2 Å². The number of nitrogens with one attached hydrogen (secondary N) is 2. The minimum absolute atomic E-state index is 0.128. The maximum absolute atomic E-state index is 13.9. The second kappa shape index (κ2) is 7.57. The van der Waals surface area contributed by atoms with Gasteiger partial charge in [0.1, 0.15) is 0 Å². The summed E-state index contributed by atoms with van der Waals surface area (Å²) >= 11 is 0. The summed E-state index contributed by atoms with van der Waals surface area (Å²) in [5.41, 5.74) is 0. The smallest absolute Gasteiger partial charge is 0.168 e. The zero-order valence-electron chi connectivity index (χ0n) is 12.9. The molecule has 0 saturated heterocycles. The summed E-state index contributed by atoms with van der Waals surface area (Å²) in [5.74, 6) is -0.241. The van der Waals surface area contributed by atoms with Gasteiger partial charge in [0.15, 0.2) is 23.3 Å². The van der Waals surface area contributed by atoms with E-state index in [1.807, 2.05) is 6.92 Å². The molecule has 0 spiro atoms. The first-order chi connectivity index (χ1) is 10.1. The van der Waals surface area contributed by atoms with Gasteiger partial charge in [-0.3, -0.25) is 0 Å². The molecule has 118 valence electrons. The molecule has 1 aliphatic carbocycles. The molecule has 1 aromatic rings. The molecule has 21 heavy (non-hydrogen) atoms. The molecule has 0 bridgehead atoms. The quantitative estimate of drug-likeness (QED) is 0.782. The third-order valence-corrected chi connectivity index (χ3v) is 4.07. The van der Waals surface area contributed by atoms with Crippen LogP contribution >= 0.6 is 0 Å². The van der Waals surface area contributed by atoms with Crippen molar-refractivity contribution in [1.82, 2.24) is 4.98 Å². The molecule has 1 aromatic heterocycles. The van der Waals surface area contributed by atoms with Crippen LogP contribution in [0.5, 0.6) is 0 Å². The Morgan fingerprint density at radius 2 is 1.90 bits per heavy atom. The van der Waals surface area contributed by atoms with E-state index in [-0.39, 0.29) is 17.7 Å². The Labute approximate surface area is 125 Å². The Kier molecular flexibility index (Phi) is 5.76. The first-order valence-electron chi connectivity index (χ1n) is 7.96. The number of hydrogen-bond acceptors (Lipinski definition) is 3. The van der Waals surface area contributed by atoms with Crippen LogP contribution in [0.2, 0.25) is 0 Å². The zero-order chi connectivity index (χ0) is 15.2. The van der Waals surface area contributed by atoms with Gasteiger partial charge in [-0.25, -0.2) is 13.8 Å². The summed E-state index contributed by atoms with van der Waals surface area (Å²) in [7, 11) is 0. The summed E-state index contributed by atoms with van der Waals surface area (Å²) in [6, 6.07) is 1.13. The van der Waals surface area contributed by atoms with Crippen LogP contribution in [0.1, 0.15) is 52.4 Å². The van der Waals surface area contributed by atoms with E-state index >= 15 is 0 Å². The van der Waals surface area contributed by atoms with E-state index in [2.05, 4.69) is 22.5 Å². The monoisotopic (exact) mass is 297 g/mol. The highest BCUT2D eigenvalue weighted by Crippen LogP contribution is 2.26. The molecule has 2 atom stereocenters. The van der Waals surface area contributed by atoms with Crippen LogP contribution < -0.4 is 10.6 Å². The average Bonchev–Trinajstić information content (AvgIpc) is 2.65. The maximum Gasteiger partial charge on any atom is 0.168 e. The number of anilines is 2. The van der Waals surface area contributed by atoms with Crippen molar-refractivity contribution in [3.8, 4) is 0 Å². The topological polar surface area (TPSA) is 37.0 Å². The van der Waals surface area contributed by atoms with Crippen LogP contribution in [0.15, 0.2) is 6.07 Å². The standard InChI is InChI=1S/C16H25F2N3/c1-3-9-19-15-13(17)10-14(18)16(21-15)20-12-6-4-5-11(2)7-8-12/h10-12H,3-9H2,1-2H3,(H2,19,20,21). The minimum Gasteiger partial charge on any atom is -0.368 e. The zero-order valence-corrected chi connectivity index (χ0v) is 12.9. The molecule has 0 aromatic carbocycles. The first-order valence-corrected chi connectivity index (χ1v) is 7.96. The lowest BCUT2D eigenvalue weighted by atomic mass is 10.0. The molecule has 0 radical (unpaired) electrons. The number of pyridine rings is 1. The number of hydrogen-bond donors (Lipinski definition) is 2. The summed E-state index contributed by atoms with van der Waals surface area (Å²) in [4.78, 5) is 4.08. The molecule has 1 fully saturated rings. The molecule has 1 heterocycles. The summed E-state index contributed by atoms with van der Waals surface area (Å²) in [6.45, 7) is 4.86. The van der Waals surface area contributed by atoms with Crippen LogP contribution in [0, 0.1) is 17.6 Å². The van der Waals surface area contributed by atoms with Gasteiger partial charge in [-0.05, 0) is 31.6 Å². The van der Waals surface area contributed by atoms with E-state index in [1.54, 1.807) is 0 Å². The minimum atomic E-state index is -0.638. The van der Waals surface area contributed by atoms with Crippen LogP contribution in [0.3, 0.4) is 0 Å². The fourth-order valence-corrected chi connectivity index (χ4v) is 2.76. The van der Waals surface area contributed by atoms with E-state index in [9.17, 15) is 8.78 Å². The van der Waals surface area contributed by atoms with Crippen molar-refractivity contribution in [2.24, 2.45) is 5.92 Å². The van der Waals surface area contributed by atoms with Gasteiger partial charge in [0.2, 0.25) is 0 Å². The Hall–Kier alpha value is -1.39. The molecule has 3 nitrogen and oxygen atoms in total. The van der Waals surface area contributed by atoms with E-state index < -0.39 is 11.6 Å². The van der Waals surface area contributed by atoms with E-state index in [0.717, 1.165) is 44.1 Å². The number of halogens is 2. The largest absolute Gasteiger partial charge is 0.368 e. The van der Waals surface area contributed by atoms with E-state index in [4.69, 9.17) is 0 Å². The normalized spacial score (nSPS) is 22.7. The van der Waals surface area contributed by atoms with Crippen LogP contribution in [-0.4, -0.2) is 17.6 Å². The third kappa shape index (κ3) is 4.55. The second-order valence-corrected chi connectivity index (χ2v) is 6.03. The van der Waals surface area contributed by atoms with Gasteiger partial charge in [0.25, 0.3) is 0 Å². The highest BCUT2D eigenvalue weighted by Gasteiger charge is 2.19. The molecule has 1 saturated carbocycles. The van der Waals surface area contributed by atoms with Crippen LogP contribution in [0.4, 0.5) is 20.4 Å². The molecule has 2 N–H and O–H groups in total. The molecular formula is C16H25F2N3. The van der Waals surface area contributed by atoms with Crippen molar-refractivity contribution in [3.63, 3.8) is 0 Å². The van der Waals surface area contributed by atoms with Crippen molar-refractivity contribution >= 4 is 11.6 Å². The molecule has 2 rings (SSSR count). The van der Waals surface area contributed by atoms with E-state index in [1.165, 1.54) is 6.42 Å². The van der Waals surface area contributed by atoms with Gasteiger partial charge in [0.05, 0.1) is 0 Å². The highest BCUT2D eigenvalue weighted by atomic mass is 19.1. The van der Waals surface area contributed by atoms with Gasteiger partial charge < -0.3 is 10.6 Å². The summed E-state index contributed by atoms with van der Waals surface area (Å²) < 4.78 is 27.5. The fourth-order valence-electron chi connectivity index (χ4n) is 2.76. The average molecular weight is 297 g/mol. The van der Waals surface area contributed by atoms with Crippen molar-refractivity contribution in [1.29, 1.82) is 0 Å². The SMILES string of the molecule is CCCNc1nc(NC2CCCC(C)CC2)c(F)cc1F. The Morgan fingerprint density at radius 3 is 2.67 bits per heavy atom. The highest BCUT2D eigenvalue weighted by molar-refractivity contribution is 5.48. The Balaban J connectivity index is 2.07. The molecule has 5 heteroatoms. The van der Waals surface area contributed by atoms with Gasteiger partial charge >= 0.3 is 0 Å². The lowest BCUT2D eigenvalue weighted by Crippen LogP contribution is -2.21. The van der Waals surface area contributed by atoms with Crippen LogP contribution in [-0.2, 0) is 0 Å². The van der Waals surface area contributed by atoms with Gasteiger partial charge in [-0.15, -0.1) is 0 Å². The fraction of sp³-hybridized carbons (Fsp3) is 0.688. The number of aromatic nitrogens is 1. The van der Waals surface area contributed by atoms with Crippen molar-refractivity contribution in [2.45, 2.75) is 58.4 Å². The second-order valence-electron chi connectivity index (χ2n) is 6.03. The lowest BCUT2D eigenvalue weighted by molar-refractivity contribution is 0.501. The third-order valence-electron chi connectivity index (χ3n) is 4.07. The van der Waals surface area contributed by atoms with Crippen LogP contribution in [0.25, 0.3) is 0 Å². The van der Waals surface area contributed by atoms with Crippen molar-refractivity contribution in [3.05, 3.63) is 17.7 Å². The number of nitrogens with zero attached hydrogens (tertiary/aromatic N) is 1. The van der Waals surface area contributed by atoms with Gasteiger partial charge in [0, 0.05) is 18.7 Å². The maximum atomic E-state index is 13.9. The first kappa shape index (κ1) is 16.0. The van der Waals surface area contributed by atoms with Crippen molar-refractivity contribution < 1.29 is 8.78 Å². The molecule has 0 aliphatic heterocycles. The van der Waals surface area contributed by atoms with Gasteiger partial charge in [-0.2, -0.15) is 0 Å². The Morgan fingerprint density at radius 1 is 1.14 bits per heavy atom. The summed E-state index contributed by atoms with van der Waals surface area (Å²) in [6.07, 6.45) is 6.39. The van der Waals surface area contributed by atoms with E-state index in [0.29, 0.717) is 6.54 Å². The Bertz CT molecular complexity index is 465. The molecular weight excluding hydrogens is 272 g/mol. The molecule has 0 amide bonds. The predicted molar refractivity (Wildman–Crippen MR) is 82.6 cm³/mol. The summed E-state index contributed by atoms with van der Waals surface area (Å²) in [5, 5.41) is 6.06. The molecule has 2 unspecified atom stereocenters. The molecule has 1 aliphatic rings. The number of rotatable bonds is 5.